The van der Waals surface area contributed by atoms with Gasteiger partial charge in [-0.25, -0.2) is 9.59 Å². The number of fused-ring (bicyclic) bond motifs is 1. The van der Waals surface area contributed by atoms with Crippen LogP contribution in [0.15, 0.2) is 0 Å². The van der Waals surface area contributed by atoms with Crippen LogP contribution >= 0.6 is 11.8 Å². The molecule has 0 aromatic heterocycles. The summed E-state index contributed by atoms with van der Waals surface area (Å²) in [5, 5.41) is 15.9. The van der Waals surface area contributed by atoms with E-state index in [0.717, 1.165) is 0 Å². The lowest BCUT2D eigenvalue weighted by molar-refractivity contribution is -0.156. The Labute approximate surface area is 198 Å². The molecular formula is C22H36N2O8S. The van der Waals surface area contributed by atoms with E-state index in [9.17, 15) is 24.3 Å². The van der Waals surface area contributed by atoms with Crippen molar-refractivity contribution in [3.05, 3.63) is 0 Å². The van der Waals surface area contributed by atoms with E-state index in [4.69, 9.17) is 14.2 Å². The van der Waals surface area contributed by atoms with Crippen molar-refractivity contribution in [1.82, 2.24) is 10.6 Å². The number of thioether (sulfide) groups is 1. The van der Waals surface area contributed by atoms with E-state index in [1.165, 1.54) is 11.8 Å². The number of esters is 2. The lowest BCUT2D eigenvalue weighted by atomic mass is 9.88. The summed E-state index contributed by atoms with van der Waals surface area (Å²) in [6, 6.07) is -0.977. The van der Waals surface area contributed by atoms with Gasteiger partial charge in [0.1, 0.15) is 17.2 Å². The Morgan fingerprint density at radius 2 is 1.79 bits per heavy atom. The van der Waals surface area contributed by atoms with Crippen LogP contribution < -0.4 is 10.6 Å². The summed E-state index contributed by atoms with van der Waals surface area (Å²) < 4.78 is 15.6. The van der Waals surface area contributed by atoms with Crippen molar-refractivity contribution in [3.8, 4) is 0 Å². The van der Waals surface area contributed by atoms with Crippen molar-refractivity contribution >= 4 is 35.7 Å². The second kappa shape index (κ2) is 10.9. The second-order valence-corrected chi connectivity index (χ2v) is 10.3. The van der Waals surface area contributed by atoms with Crippen molar-refractivity contribution in [2.45, 2.75) is 70.7 Å². The number of aliphatic hydroxyl groups is 1. The molecule has 11 heteroatoms. The molecule has 0 aromatic carbocycles. The van der Waals surface area contributed by atoms with Crippen LogP contribution in [0.4, 0.5) is 4.79 Å². The molecule has 0 aromatic rings. The molecular weight excluding hydrogens is 452 g/mol. The van der Waals surface area contributed by atoms with Gasteiger partial charge < -0.3 is 30.0 Å². The van der Waals surface area contributed by atoms with Gasteiger partial charge in [-0.3, -0.25) is 9.59 Å². The fraction of sp³-hybridized carbons (Fsp3) is 0.818. The topological polar surface area (TPSA) is 140 Å². The highest BCUT2D eigenvalue weighted by Gasteiger charge is 2.76. The van der Waals surface area contributed by atoms with E-state index in [-0.39, 0.29) is 19.6 Å². The molecule has 0 bridgehead atoms. The standard InChI is InChI=1S/C22H36N2O8S/c1-7-30-18(27)15-14-13(25)11-22(16(14)15,19(28)31-8-2)24-17(26)12(9-10-33-6)23-20(29)32-21(3,4)5/h12-16,25H,7-11H2,1-6H3,(H,23,29)(H,24,26)/t12-,13-,14-,15-,16-,22-/m0/s1. The van der Waals surface area contributed by atoms with E-state index in [2.05, 4.69) is 10.6 Å². The lowest BCUT2D eigenvalue weighted by Gasteiger charge is -2.33. The minimum atomic E-state index is -1.58. The maximum atomic E-state index is 13.3. The molecule has 0 radical (unpaired) electrons. The fourth-order valence-corrected chi connectivity index (χ4v) is 4.99. The Kier molecular flexibility index (Phi) is 9.03. The molecule has 0 unspecified atom stereocenters. The number of carbonyl (C=O) groups is 4. The van der Waals surface area contributed by atoms with Gasteiger partial charge in [-0.05, 0) is 53.0 Å². The molecule has 2 aliphatic carbocycles. The summed E-state index contributed by atoms with van der Waals surface area (Å²) in [7, 11) is 0. The molecule has 2 aliphatic rings. The lowest BCUT2D eigenvalue weighted by Crippen LogP contribution is -2.61. The molecule has 0 saturated heterocycles. The maximum Gasteiger partial charge on any atom is 0.408 e. The van der Waals surface area contributed by atoms with Gasteiger partial charge >= 0.3 is 18.0 Å². The number of aliphatic hydroxyl groups excluding tert-OH is 1. The Hall–Kier alpha value is -2.01. The van der Waals surface area contributed by atoms with Crippen LogP contribution in [-0.2, 0) is 28.6 Å². The van der Waals surface area contributed by atoms with Crippen LogP contribution in [0.3, 0.4) is 0 Å². The number of alkyl carbamates (subject to hydrolysis) is 1. The first kappa shape index (κ1) is 27.2. The van der Waals surface area contributed by atoms with Crippen molar-refractivity contribution in [3.63, 3.8) is 0 Å². The van der Waals surface area contributed by atoms with Gasteiger partial charge in [0.05, 0.1) is 25.2 Å². The first-order valence-corrected chi connectivity index (χ1v) is 12.6. The molecule has 2 amide bonds. The third-order valence-corrected chi connectivity index (χ3v) is 6.43. The third-order valence-electron chi connectivity index (χ3n) is 5.78. The molecule has 0 aliphatic heterocycles. The number of hydrogen-bond acceptors (Lipinski definition) is 9. The zero-order chi connectivity index (χ0) is 25.0. The molecule has 6 atom stereocenters. The molecule has 3 N–H and O–H groups in total. The van der Waals surface area contributed by atoms with Crippen LogP contribution in [0.2, 0.25) is 0 Å². The number of nitrogens with one attached hydrogen (secondary N) is 2. The summed E-state index contributed by atoms with van der Waals surface area (Å²) in [4.78, 5) is 51.1. The molecule has 0 spiro atoms. The van der Waals surface area contributed by atoms with E-state index in [1.807, 2.05) is 6.26 Å². The van der Waals surface area contributed by atoms with Crippen LogP contribution in [0.5, 0.6) is 0 Å². The molecule has 33 heavy (non-hydrogen) atoms. The van der Waals surface area contributed by atoms with E-state index < -0.39 is 65.0 Å². The summed E-state index contributed by atoms with van der Waals surface area (Å²) >= 11 is 1.50. The molecule has 2 fully saturated rings. The number of rotatable bonds is 10. The number of ether oxygens (including phenoxy) is 3. The molecule has 10 nitrogen and oxygen atoms in total. The van der Waals surface area contributed by atoms with Gasteiger partial charge in [0.2, 0.25) is 5.91 Å². The monoisotopic (exact) mass is 488 g/mol. The minimum absolute atomic E-state index is 0.0695. The van der Waals surface area contributed by atoms with Crippen LogP contribution in [0.1, 0.15) is 47.5 Å². The van der Waals surface area contributed by atoms with Crippen LogP contribution in [-0.4, -0.2) is 77.6 Å². The SMILES string of the molecule is CCOC(=O)[C@H]1[C@H]2[C@@H]1[C@](NC(=O)[C@H](CCSC)NC(=O)OC(C)(C)C)(C(=O)OCC)C[C@@H]2O. The van der Waals surface area contributed by atoms with E-state index >= 15 is 0 Å². The average molecular weight is 489 g/mol. The number of amides is 2. The van der Waals surface area contributed by atoms with Gasteiger partial charge in [0.15, 0.2) is 0 Å². The largest absolute Gasteiger partial charge is 0.466 e. The smallest absolute Gasteiger partial charge is 0.408 e. The molecule has 2 rings (SSSR count). The first-order chi connectivity index (χ1) is 15.4. The Morgan fingerprint density at radius 1 is 1.15 bits per heavy atom. The van der Waals surface area contributed by atoms with E-state index in [1.54, 1.807) is 34.6 Å². The second-order valence-electron chi connectivity index (χ2n) is 9.31. The predicted octanol–water partition coefficient (Wildman–Crippen LogP) is 1.24. The van der Waals surface area contributed by atoms with Crippen LogP contribution in [0.25, 0.3) is 0 Å². The van der Waals surface area contributed by atoms with Gasteiger partial charge in [0.25, 0.3) is 0 Å². The first-order valence-electron chi connectivity index (χ1n) is 11.2. The maximum absolute atomic E-state index is 13.3. The highest BCUT2D eigenvalue weighted by Crippen LogP contribution is 2.63. The summed E-state index contributed by atoms with van der Waals surface area (Å²) in [6.45, 7) is 8.68. The fourth-order valence-electron chi connectivity index (χ4n) is 4.52. The van der Waals surface area contributed by atoms with E-state index in [0.29, 0.717) is 12.2 Å². The zero-order valence-electron chi connectivity index (χ0n) is 20.1. The van der Waals surface area contributed by atoms with Gasteiger partial charge in [-0.15, -0.1) is 0 Å². The summed E-state index contributed by atoms with van der Waals surface area (Å²) in [5.41, 5.74) is -2.33. The summed E-state index contributed by atoms with van der Waals surface area (Å²) in [6.07, 6.45) is 0.356. The highest BCUT2D eigenvalue weighted by molar-refractivity contribution is 7.98. The van der Waals surface area contributed by atoms with Crippen molar-refractivity contribution in [2.24, 2.45) is 17.8 Å². The molecule has 188 valence electrons. The van der Waals surface area contributed by atoms with Gasteiger partial charge in [-0.2, -0.15) is 11.8 Å². The Balaban J connectivity index is 2.27. The van der Waals surface area contributed by atoms with Crippen LogP contribution in [0, 0.1) is 17.8 Å². The summed E-state index contributed by atoms with van der Waals surface area (Å²) in [5.74, 6) is -3.11. The van der Waals surface area contributed by atoms with Gasteiger partial charge in [-0.1, -0.05) is 0 Å². The average Bonchev–Trinajstić information content (AvgIpc) is 3.39. The number of hydrogen-bond donors (Lipinski definition) is 3. The van der Waals surface area contributed by atoms with Crippen molar-refractivity contribution in [1.29, 1.82) is 0 Å². The molecule has 2 saturated carbocycles. The Morgan fingerprint density at radius 3 is 2.33 bits per heavy atom. The Bertz CT molecular complexity index is 755. The minimum Gasteiger partial charge on any atom is -0.466 e. The van der Waals surface area contributed by atoms with Gasteiger partial charge in [0, 0.05) is 18.3 Å². The van der Waals surface area contributed by atoms with Crippen molar-refractivity contribution in [2.75, 3.05) is 25.2 Å². The quantitative estimate of drug-likeness (QED) is 0.306. The predicted molar refractivity (Wildman–Crippen MR) is 121 cm³/mol. The molecule has 0 heterocycles. The van der Waals surface area contributed by atoms with Crippen molar-refractivity contribution < 1.29 is 38.5 Å². The zero-order valence-corrected chi connectivity index (χ0v) is 21.0. The number of carbonyl (C=O) groups excluding carboxylic acids is 4. The highest BCUT2D eigenvalue weighted by atomic mass is 32.2. The third kappa shape index (κ3) is 6.32. The normalized spacial score (nSPS) is 28.8.